The Morgan fingerprint density at radius 2 is 1.67 bits per heavy atom. The lowest BCUT2D eigenvalue weighted by Crippen LogP contribution is -2.55. The first kappa shape index (κ1) is 16.9. The van der Waals surface area contributed by atoms with Gasteiger partial charge < -0.3 is 10.4 Å². The second kappa shape index (κ2) is 5.72. The molecule has 4 fully saturated rings. The lowest BCUT2D eigenvalue weighted by Gasteiger charge is -2.61. The summed E-state index contributed by atoms with van der Waals surface area (Å²) in [5.74, 6) is 3.33. The van der Waals surface area contributed by atoms with Crippen LogP contribution in [0.15, 0.2) is 0 Å². The van der Waals surface area contributed by atoms with Gasteiger partial charge in [-0.25, -0.2) is 0 Å². The van der Waals surface area contributed by atoms with Gasteiger partial charge in [0.15, 0.2) is 0 Å². The fourth-order valence-corrected chi connectivity index (χ4v) is 7.65. The quantitative estimate of drug-likeness (QED) is 0.765. The van der Waals surface area contributed by atoms with Crippen LogP contribution in [0.25, 0.3) is 0 Å². The highest BCUT2D eigenvalue weighted by Crippen LogP contribution is 2.66. The summed E-state index contributed by atoms with van der Waals surface area (Å²) in [7, 11) is 0. The van der Waals surface area contributed by atoms with E-state index in [0.717, 1.165) is 36.5 Å². The first-order valence-corrected chi connectivity index (χ1v) is 10.3. The molecule has 0 aromatic rings. The Kier molecular flexibility index (Phi) is 4.02. The van der Waals surface area contributed by atoms with Crippen LogP contribution < -0.4 is 5.32 Å². The van der Waals surface area contributed by atoms with Crippen LogP contribution in [0.3, 0.4) is 0 Å². The molecule has 0 aliphatic heterocycles. The third-order valence-electron chi connectivity index (χ3n) is 9.02. The topological polar surface area (TPSA) is 49.3 Å². The van der Waals surface area contributed by atoms with Crippen molar-refractivity contribution in [1.82, 2.24) is 5.32 Å². The molecule has 0 radical (unpaired) electrons. The van der Waals surface area contributed by atoms with Gasteiger partial charge in [0.05, 0.1) is 6.10 Å². The Hall–Kier alpha value is -0.570. The minimum Gasteiger partial charge on any atom is -0.393 e. The van der Waals surface area contributed by atoms with Crippen LogP contribution in [0, 0.1) is 34.5 Å². The van der Waals surface area contributed by atoms with Crippen molar-refractivity contribution in [1.29, 1.82) is 0 Å². The monoisotopic (exact) mass is 333 g/mol. The fourth-order valence-electron chi connectivity index (χ4n) is 7.65. The molecule has 4 aliphatic rings. The van der Waals surface area contributed by atoms with E-state index in [2.05, 4.69) is 19.2 Å². The van der Waals surface area contributed by atoms with Gasteiger partial charge in [-0.3, -0.25) is 4.79 Å². The number of hydrogen-bond acceptors (Lipinski definition) is 2. The molecule has 3 heteroatoms. The zero-order valence-electron chi connectivity index (χ0n) is 15.7. The van der Waals surface area contributed by atoms with Crippen molar-refractivity contribution in [2.24, 2.45) is 34.5 Å². The Morgan fingerprint density at radius 3 is 2.42 bits per heavy atom. The highest BCUT2D eigenvalue weighted by atomic mass is 16.3. The molecule has 0 heterocycles. The van der Waals surface area contributed by atoms with Gasteiger partial charge >= 0.3 is 0 Å². The van der Waals surface area contributed by atoms with Crippen LogP contribution in [0.1, 0.15) is 78.6 Å². The van der Waals surface area contributed by atoms with Gasteiger partial charge in [-0.2, -0.15) is 0 Å². The van der Waals surface area contributed by atoms with E-state index in [4.69, 9.17) is 0 Å². The van der Waals surface area contributed by atoms with Crippen LogP contribution in [-0.4, -0.2) is 23.2 Å². The first-order chi connectivity index (χ1) is 11.3. The number of amides is 1. The van der Waals surface area contributed by atoms with Crippen LogP contribution in [-0.2, 0) is 4.79 Å². The van der Waals surface area contributed by atoms with E-state index in [1.807, 2.05) is 0 Å². The van der Waals surface area contributed by atoms with Gasteiger partial charge in [0, 0.05) is 13.0 Å². The molecule has 2 N–H and O–H groups in total. The average molecular weight is 334 g/mol. The second-order valence-corrected chi connectivity index (χ2v) is 9.97. The van der Waals surface area contributed by atoms with Gasteiger partial charge in [-0.05, 0) is 92.3 Å². The number of fused-ring (bicyclic) bond motifs is 5. The van der Waals surface area contributed by atoms with E-state index < -0.39 is 0 Å². The van der Waals surface area contributed by atoms with Crippen LogP contribution in [0.2, 0.25) is 0 Å². The Morgan fingerprint density at radius 1 is 0.958 bits per heavy atom. The second-order valence-electron chi connectivity index (χ2n) is 9.97. The zero-order valence-corrected chi connectivity index (χ0v) is 15.7. The van der Waals surface area contributed by atoms with E-state index in [9.17, 15) is 9.90 Å². The summed E-state index contributed by atoms with van der Waals surface area (Å²) in [6.07, 6.45) is 11.0. The minimum absolute atomic E-state index is 0.0653. The van der Waals surface area contributed by atoms with Gasteiger partial charge in [-0.15, -0.1) is 0 Å². The number of carbonyl (C=O) groups is 1. The number of carbonyl (C=O) groups excluding carboxylic acids is 1. The normalized spacial score (nSPS) is 53.7. The molecule has 0 spiro atoms. The standard InChI is InChI=1S/C21H35NO2/c1-13(23)22-15-8-10-20(2)14(12-15)4-5-16-17-6-7-19(24)21(17,3)11-9-18(16)20/h14-19,24H,4-12H2,1-3H3,(H,22,23)/t14-,15-,16-,17-,18-,19-,20-,21-/m0/s1. The van der Waals surface area contributed by atoms with Gasteiger partial charge in [0.2, 0.25) is 5.91 Å². The van der Waals surface area contributed by atoms with Crippen molar-refractivity contribution < 1.29 is 9.90 Å². The SMILES string of the molecule is CC(=O)N[C@H]1CC[C@@]2(C)[C@@H](CC[C@@H]3[C@@H]2CC[C@]2(C)[C@@H](O)CC[C@@H]32)C1. The third-order valence-corrected chi connectivity index (χ3v) is 9.02. The highest BCUT2D eigenvalue weighted by molar-refractivity contribution is 5.73. The molecular formula is C21H35NO2. The molecule has 24 heavy (non-hydrogen) atoms. The van der Waals surface area contributed by atoms with E-state index in [1.54, 1.807) is 6.92 Å². The number of rotatable bonds is 1. The molecular weight excluding hydrogens is 298 g/mol. The highest BCUT2D eigenvalue weighted by Gasteiger charge is 2.59. The summed E-state index contributed by atoms with van der Waals surface area (Å²) in [4.78, 5) is 11.4. The number of aliphatic hydroxyl groups excluding tert-OH is 1. The zero-order chi connectivity index (χ0) is 17.1. The maximum absolute atomic E-state index is 11.4. The molecule has 4 rings (SSSR count). The summed E-state index contributed by atoms with van der Waals surface area (Å²) in [5.41, 5.74) is 0.657. The minimum atomic E-state index is -0.0653. The largest absolute Gasteiger partial charge is 0.393 e. The molecule has 8 atom stereocenters. The summed E-state index contributed by atoms with van der Waals surface area (Å²) >= 11 is 0. The molecule has 136 valence electrons. The Balaban J connectivity index is 1.53. The predicted molar refractivity (Wildman–Crippen MR) is 95.3 cm³/mol. The lowest BCUT2D eigenvalue weighted by atomic mass is 9.45. The molecule has 1 amide bonds. The molecule has 4 aliphatic carbocycles. The maximum atomic E-state index is 11.4. The first-order valence-electron chi connectivity index (χ1n) is 10.3. The van der Waals surface area contributed by atoms with Crippen LogP contribution in [0.4, 0.5) is 0 Å². The summed E-state index contributed by atoms with van der Waals surface area (Å²) < 4.78 is 0. The van der Waals surface area contributed by atoms with Crippen molar-refractivity contribution in [3.05, 3.63) is 0 Å². The average Bonchev–Trinajstić information content (AvgIpc) is 2.83. The number of aliphatic hydroxyl groups is 1. The Bertz CT molecular complexity index is 520. The summed E-state index contributed by atoms with van der Waals surface area (Å²) in [6, 6.07) is 0.402. The molecule has 0 aromatic heterocycles. The molecule has 0 aromatic carbocycles. The number of hydrogen-bond donors (Lipinski definition) is 2. The van der Waals surface area contributed by atoms with Gasteiger partial charge in [-0.1, -0.05) is 13.8 Å². The summed E-state index contributed by atoms with van der Waals surface area (Å²) in [6.45, 7) is 6.58. The predicted octanol–water partition coefficient (Wildman–Crippen LogP) is 3.89. The molecule has 3 nitrogen and oxygen atoms in total. The van der Waals surface area contributed by atoms with Crippen LogP contribution >= 0.6 is 0 Å². The van der Waals surface area contributed by atoms with Crippen molar-refractivity contribution in [3.8, 4) is 0 Å². The third kappa shape index (κ3) is 2.37. The molecule has 4 saturated carbocycles. The van der Waals surface area contributed by atoms with Gasteiger partial charge in [0.1, 0.15) is 0 Å². The maximum Gasteiger partial charge on any atom is 0.217 e. The molecule has 0 unspecified atom stereocenters. The van der Waals surface area contributed by atoms with Crippen molar-refractivity contribution >= 4 is 5.91 Å². The fraction of sp³-hybridized carbons (Fsp3) is 0.952. The smallest absolute Gasteiger partial charge is 0.217 e. The van der Waals surface area contributed by atoms with Crippen molar-refractivity contribution in [2.75, 3.05) is 0 Å². The summed E-state index contributed by atoms with van der Waals surface area (Å²) in [5, 5.41) is 13.7. The van der Waals surface area contributed by atoms with Crippen LogP contribution in [0.5, 0.6) is 0 Å². The van der Waals surface area contributed by atoms with E-state index >= 15 is 0 Å². The number of nitrogens with one attached hydrogen (secondary N) is 1. The van der Waals surface area contributed by atoms with E-state index in [-0.39, 0.29) is 17.4 Å². The van der Waals surface area contributed by atoms with Crippen molar-refractivity contribution in [3.63, 3.8) is 0 Å². The van der Waals surface area contributed by atoms with E-state index in [0.29, 0.717) is 11.5 Å². The molecule has 0 saturated heterocycles. The Labute approximate surface area is 147 Å². The van der Waals surface area contributed by atoms with E-state index in [1.165, 1.54) is 44.9 Å². The van der Waals surface area contributed by atoms with Crippen molar-refractivity contribution in [2.45, 2.75) is 90.7 Å². The van der Waals surface area contributed by atoms with Gasteiger partial charge in [0.25, 0.3) is 0 Å². The lowest BCUT2D eigenvalue weighted by molar-refractivity contribution is -0.129. The molecule has 0 bridgehead atoms.